The lowest BCUT2D eigenvalue weighted by Gasteiger charge is -2.20. The highest BCUT2D eigenvalue weighted by molar-refractivity contribution is 5.15. The fourth-order valence-corrected chi connectivity index (χ4v) is 3.50. The van der Waals surface area contributed by atoms with Crippen molar-refractivity contribution < 1.29 is 4.74 Å². The van der Waals surface area contributed by atoms with Gasteiger partial charge in [0.2, 0.25) is 0 Å². The third-order valence-corrected chi connectivity index (χ3v) is 4.03. The fraction of sp³-hybridized carbons (Fsp3) is 0.800. The molecule has 5 unspecified atom stereocenters. The topological polar surface area (TPSA) is 9.23 Å². The summed E-state index contributed by atoms with van der Waals surface area (Å²) in [7, 11) is 0. The molecule has 3 fully saturated rings. The summed E-state index contributed by atoms with van der Waals surface area (Å²) >= 11 is 0. The second-order valence-electron chi connectivity index (χ2n) is 4.40. The van der Waals surface area contributed by atoms with Gasteiger partial charge in [0.25, 0.3) is 0 Å². The minimum Gasteiger partial charge on any atom is -0.495 e. The van der Waals surface area contributed by atoms with E-state index in [0.29, 0.717) is 6.10 Å². The first-order valence-electron chi connectivity index (χ1n) is 4.63. The van der Waals surface area contributed by atoms with Crippen LogP contribution >= 0.6 is 0 Å². The lowest BCUT2D eigenvalue weighted by Crippen LogP contribution is -2.21. The van der Waals surface area contributed by atoms with Crippen molar-refractivity contribution in [3.63, 3.8) is 0 Å². The Labute approximate surface area is 67.4 Å². The van der Waals surface area contributed by atoms with Crippen LogP contribution in [0.15, 0.2) is 12.3 Å². The minimum atomic E-state index is 0.564. The van der Waals surface area contributed by atoms with Gasteiger partial charge in [-0.15, -0.1) is 0 Å². The summed E-state index contributed by atoms with van der Waals surface area (Å²) in [4.78, 5) is 0. The number of hydrogen-bond donors (Lipinski definition) is 0. The summed E-state index contributed by atoms with van der Waals surface area (Å²) in [6, 6.07) is 0. The van der Waals surface area contributed by atoms with E-state index in [-0.39, 0.29) is 0 Å². The van der Waals surface area contributed by atoms with Crippen molar-refractivity contribution in [1.29, 1.82) is 0 Å². The summed E-state index contributed by atoms with van der Waals surface area (Å²) in [5.41, 5.74) is 0. The highest BCUT2D eigenvalue weighted by atomic mass is 16.5. The largest absolute Gasteiger partial charge is 0.495 e. The molecule has 2 aliphatic carbocycles. The number of hydrogen-bond acceptors (Lipinski definition) is 1. The minimum absolute atomic E-state index is 0.564. The highest BCUT2D eigenvalue weighted by Gasteiger charge is 2.57. The van der Waals surface area contributed by atoms with E-state index in [1.54, 1.807) is 0 Å². The van der Waals surface area contributed by atoms with Gasteiger partial charge in [-0.2, -0.15) is 0 Å². The molecular weight excluding hydrogens is 136 g/mol. The molecule has 1 nitrogen and oxygen atoms in total. The average Bonchev–Trinajstić information content (AvgIpc) is 2.47. The van der Waals surface area contributed by atoms with Crippen molar-refractivity contribution in [2.75, 3.05) is 0 Å². The maximum absolute atomic E-state index is 5.72. The summed E-state index contributed by atoms with van der Waals surface area (Å²) in [6.07, 6.45) is 3.28. The van der Waals surface area contributed by atoms with Gasteiger partial charge in [0, 0.05) is 11.8 Å². The standard InChI is InChI=1S/C10H14O/c1-5-7-3-8-9(4-7)11-6(2)10(5)8/h5,7-10H,2-4H2,1H3. The van der Waals surface area contributed by atoms with E-state index >= 15 is 0 Å². The van der Waals surface area contributed by atoms with Crippen LogP contribution in [-0.2, 0) is 4.74 Å². The Balaban J connectivity index is 2.05. The smallest absolute Gasteiger partial charge is 0.102 e. The Hall–Kier alpha value is -0.460. The van der Waals surface area contributed by atoms with E-state index in [2.05, 4.69) is 13.5 Å². The molecule has 0 N–H and O–H groups in total. The first-order chi connectivity index (χ1) is 5.27. The Morgan fingerprint density at radius 2 is 2.27 bits per heavy atom. The summed E-state index contributed by atoms with van der Waals surface area (Å²) < 4.78 is 5.72. The van der Waals surface area contributed by atoms with Gasteiger partial charge in [-0.05, 0) is 24.7 Å². The molecule has 1 saturated heterocycles. The Kier molecular flexibility index (Phi) is 0.915. The van der Waals surface area contributed by atoms with Crippen molar-refractivity contribution >= 4 is 0 Å². The Morgan fingerprint density at radius 1 is 1.45 bits per heavy atom. The zero-order chi connectivity index (χ0) is 7.59. The van der Waals surface area contributed by atoms with Crippen molar-refractivity contribution in [2.45, 2.75) is 25.9 Å². The molecule has 11 heavy (non-hydrogen) atoms. The van der Waals surface area contributed by atoms with Crippen LogP contribution in [0.5, 0.6) is 0 Å². The molecule has 1 heteroatoms. The van der Waals surface area contributed by atoms with Crippen LogP contribution in [0.3, 0.4) is 0 Å². The van der Waals surface area contributed by atoms with Gasteiger partial charge in [-0.1, -0.05) is 13.5 Å². The molecule has 0 aromatic rings. The zero-order valence-corrected chi connectivity index (χ0v) is 6.92. The molecule has 3 rings (SSSR count). The van der Waals surface area contributed by atoms with Crippen LogP contribution in [0.1, 0.15) is 19.8 Å². The van der Waals surface area contributed by atoms with Crippen LogP contribution in [0, 0.1) is 23.7 Å². The van der Waals surface area contributed by atoms with E-state index in [0.717, 1.165) is 29.4 Å². The van der Waals surface area contributed by atoms with E-state index < -0.39 is 0 Å². The monoisotopic (exact) mass is 150 g/mol. The van der Waals surface area contributed by atoms with E-state index in [1.165, 1.54) is 12.8 Å². The number of fused-ring (bicyclic) bond motifs is 1. The highest BCUT2D eigenvalue weighted by Crippen LogP contribution is 2.60. The van der Waals surface area contributed by atoms with Crippen molar-refractivity contribution in [2.24, 2.45) is 23.7 Å². The molecule has 2 bridgehead atoms. The van der Waals surface area contributed by atoms with Crippen LogP contribution in [0.4, 0.5) is 0 Å². The molecule has 5 atom stereocenters. The molecule has 0 aromatic carbocycles. The Morgan fingerprint density at radius 3 is 2.91 bits per heavy atom. The third kappa shape index (κ3) is 0.545. The van der Waals surface area contributed by atoms with Gasteiger partial charge >= 0.3 is 0 Å². The second-order valence-corrected chi connectivity index (χ2v) is 4.40. The molecule has 3 aliphatic rings. The maximum atomic E-state index is 5.72. The SMILES string of the molecule is C=C1OC2CC3CC2C1C3C. The summed E-state index contributed by atoms with van der Waals surface area (Å²) in [5, 5.41) is 0. The number of allylic oxidation sites excluding steroid dienone is 1. The molecule has 0 aromatic heterocycles. The Bertz CT molecular complexity index is 219. The first-order valence-corrected chi connectivity index (χ1v) is 4.63. The molecule has 0 radical (unpaired) electrons. The first kappa shape index (κ1) is 6.10. The number of ether oxygens (including phenoxy) is 1. The molecular formula is C10H14O. The number of rotatable bonds is 0. The van der Waals surface area contributed by atoms with Gasteiger partial charge in [0.1, 0.15) is 6.10 Å². The van der Waals surface area contributed by atoms with Crippen LogP contribution in [-0.4, -0.2) is 6.10 Å². The van der Waals surface area contributed by atoms with Gasteiger partial charge in [0.05, 0.1) is 5.76 Å². The predicted molar refractivity (Wildman–Crippen MR) is 42.9 cm³/mol. The van der Waals surface area contributed by atoms with Crippen molar-refractivity contribution in [3.8, 4) is 0 Å². The predicted octanol–water partition coefficient (Wildman–Crippen LogP) is 2.19. The van der Waals surface area contributed by atoms with Gasteiger partial charge in [-0.25, -0.2) is 0 Å². The second kappa shape index (κ2) is 1.65. The van der Waals surface area contributed by atoms with Gasteiger partial charge < -0.3 is 4.74 Å². The van der Waals surface area contributed by atoms with Crippen LogP contribution < -0.4 is 0 Å². The molecule has 60 valence electrons. The summed E-state index contributed by atoms with van der Waals surface area (Å²) in [5.74, 6) is 4.47. The van der Waals surface area contributed by atoms with Gasteiger partial charge in [-0.3, -0.25) is 0 Å². The van der Waals surface area contributed by atoms with Crippen molar-refractivity contribution in [3.05, 3.63) is 12.3 Å². The molecule has 1 heterocycles. The van der Waals surface area contributed by atoms with E-state index in [1.807, 2.05) is 0 Å². The lowest BCUT2D eigenvalue weighted by atomic mass is 9.81. The molecule has 0 spiro atoms. The average molecular weight is 150 g/mol. The maximum Gasteiger partial charge on any atom is 0.102 e. The fourth-order valence-electron chi connectivity index (χ4n) is 3.50. The summed E-state index contributed by atoms with van der Waals surface area (Å²) in [6.45, 7) is 6.37. The lowest BCUT2D eigenvalue weighted by molar-refractivity contribution is 0.138. The van der Waals surface area contributed by atoms with Crippen molar-refractivity contribution in [1.82, 2.24) is 0 Å². The van der Waals surface area contributed by atoms with E-state index in [9.17, 15) is 0 Å². The van der Waals surface area contributed by atoms with Crippen LogP contribution in [0.25, 0.3) is 0 Å². The van der Waals surface area contributed by atoms with E-state index in [4.69, 9.17) is 4.74 Å². The third-order valence-electron chi connectivity index (χ3n) is 4.03. The normalized spacial score (nSPS) is 58.6. The molecule has 0 amide bonds. The quantitative estimate of drug-likeness (QED) is 0.514. The van der Waals surface area contributed by atoms with Crippen LogP contribution in [0.2, 0.25) is 0 Å². The molecule has 2 saturated carbocycles. The molecule has 1 aliphatic heterocycles. The van der Waals surface area contributed by atoms with Gasteiger partial charge in [0.15, 0.2) is 0 Å². The zero-order valence-electron chi connectivity index (χ0n) is 6.92.